The molecular weight excluding hydrogens is 585 g/mol. The Kier molecular flexibility index (Phi) is 7.99. The summed E-state index contributed by atoms with van der Waals surface area (Å²) < 4.78 is 76.4. The molecule has 1 unspecified atom stereocenters. The molecule has 43 heavy (non-hydrogen) atoms. The van der Waals surface area contributed by atoms with Crippen LogP contribution in [0.25, 0.3) is 11.0 Å². The Morgan fingerprint density at radius 2 is 1.88 bits per heavy atom. The van der Waals surface area contributed by atoms with Crippen LogP contribution in [0.2, 0.25) is 0 Å². The Hall–Kier alpha value is -3.97. The van der Waals surface area contributed by atoms with Crippen molar-refractivity contribution < 1.29 is 36.2 Å². The second-order valence-corrected chi connectivity index (χ2v) is 13.0. The highest BCUT2D eigenvalue weighted by Gasteiger charge is 2.37. The number of aliphatic carboxylic acids is 1. The molecule has 1 aliphatic heterocycles. The summed E-state index contributed by atoms with van der Waals surface area (Å²) in [5, 5.41) is 18.0. The molecule has 0 fully saturated rings. The number of carbonyl (C=O) groups is 1. The lowest BCUT2D eigenvalue weighted by molar-refractivity contribution is -0.138. The predicted octanol–water partition coefficient (Wildman–Crippen LogP) is 5.29. The second kappa shape index (κ2) is 11.3. The summed E-state index contributed by atoms with van der Waals surface area (Å²) in [6, 6.07) is 11.8. The number of rotatable bonds is 7. The van der Waals surface area contributed by atoms with Crippen molar-refractivity contribution in [2.75, 3.05) is 13.7 Å². The first-order valence-electron chi connectivity index (χ1n) is 13.6. The minimum absolute atomic E-state index is 0.0889. The van der Waals surface area contributed by atoms with E-state index in [1.54, 1.807) is 42.1 Å². The number of fused-ring (bicyclic) bond motifs is 2. The first-order valence-corrected chi connectivity index (χ1v) is 15.0. The van der Waals surface area contributed by atoms with Gasteiger partial charge in [-0.2, -0.15) is 17.5 Å². The number of sulfonamides is 1. The fourth-order valence-electron chi connectivity index (χ4n) is 5.72. The lowest BCUT2D eigenvalue weighted by Crippen LogP contribution is -2.33. The van der Waals surface area contributed by atoms with Crippen molar-refractivity contribution in [3.63, 3.8) is 0 Å². The highest BCUT2D eigenvalue weighted by Crippen LogP contribution is 2.38. The zero-order valence-corrected chi connectivity index (χ0v) is 24.8. The molecule has 4 aromatic rings. The number of alkyl halides is 3. The normalized spacial score (nSPS) is 17.8. The first-order chi connectivity index (χ1) is 20.2. The van der Waals surface area contributed by atoms with Gasteiger partial charge in [0.1, 0.15) is 16.8 Å². The van der Waals surface area contributed by atoms with Crippen LogP contribution < -0.4 is 4.74 Å². The van der Waals surface area contributed by atoms with Crippen LogP contribution >= 0.6 is 0 Å². The van der Waals surface area contributed by atoms with E-state index in [0.29, 0.717) is 45.5 Å². The minimum atomic E-state index is -4.69. The molecule has 0 spiro atoms. The molecule has 5 rings (SSSR count). The van der Waals surface area contributed by atoms with E-state index in [0.717, 1.165) is 17.7 Å². The third kappa shape index (κ3) is 5.96. The molecule has 0 saturated carbocycles. The number of carboxylic acids is 1. The van der Waals surface area contributed by atoms with E-state index in [1.165, 1.54) is 17.5 Å². The predicted molar refractivity (Wildman–Crippen MR) is 152 cm³/mol. The standard InChI is InChI=1S/C30H31F3N4O5S/c1-17-9-20-7-8-23(30(31,32)33)13-27(20)43(40,41)37(15-17)16-22-10-19(6-5-18(22)2)24(14-28(38)39)21-11-25-29(26(12-21)42-4)36(3)35-34-25/h5-8,10-13,17,24H,9,14-16H2,1-4H3,(H,38,39)/t17-,24?/m0/s1. The lowest BCUT2D eigenvalue weighted by Gasteiger charge is -2.25. The lowest BCUT2D eigenvalue weighted by atomic mass is 9.86. The summed E-state index contributed by atoms with van der Waals surface area (Å²) in [7, 11) is -1.06. The maximum atomic E-state index is 13.8. The molecule has 9 nitrogen and oxygen atoms in total. The number of hydrogen-bond donors (Lipinski definition) is 1. The number of benzene rings is 3. The van der Waals surface area contributed by atoms with Gasteiger partial charge in [0, 0.05) is 26.1 Å². The molecule has 0 bridgehead atoms. The van der Waals surface area contributed by atoms with Gasteiger partial charge < -0.3 is 9.84 Å². The number of hydrogen-bond acceptors (Lipinski definition) is 6. The Morgan fingerprint density at radius 1 is 1.14 bits per heavy atom. The van der Waals surface area contributed by atoms with E-state index in [-0.39, 0.29) is 30.3 Å². The number of halogens is 3. The second-order valence-electron chi connectivity index (χ2n) is 11.1. The van der Waals surface area contributed by atoms with Crippen molar-refractivity contribution in [1.82, 2.24) is 19.3 Å². The molecule has 0 amide bonds. The SMILES string of the molecule is COc1cc(C(CC(=O)O)c2ccc(C)c(CN3C[C@@H](C)Cc4ccc(C(F)(F)F)cc4S3(=O)=O)c2)cc2nnn(C)c12. The number of nitrogens with zero attached hydrogens (tertiary/aromatic N) is 4. The van der Waals surface area contributed by atoms with E-state index in [1.807, 2.05) is 13.8 Å². The van der Waals surface area contributed by atoms with Gasteiger partial charge in [-0.1, -0.05) is 36.4 Å². The van der Waals surface area contributed by atoms with E-state index in [4.69, 9.17) is 4.74 Å². The molecule has 228 valence electrons. The van der Waals surface area contributed by atoms with Crippen LogP contribution in [0.4, 0.5) is 13.2 Å². The fourth-order valence-corrected chi connectivity index (χ4v) is 7.51. The third-order valence-corrected chi connectivity index (χ3v) is 9.80. The van der Waals surface area contributed by atoms with Crippen molar-refractivity contribution in [2.45, 2.75) is 50.2 Å². The van der Waals surface area contributed by atoms with Crippen LogP contribution in [0.3, 0.4) is 0 Å². The summed E-state index contributed by atoms with van der Waals surface area (Å²) in [6.45, 7) is 3.69. The highest BCUT2D eigenvalue weighted by atomic mass is 32.2. The van der Waals surface area contributed by atoms with Crippen molar-refractivity contribution >= 4 is 27.0 Å². The van der Waals surface area contributed by atoms with E-state index >= 15 is 0 Å². The van der Waals surface area contributed by atoms with Gasteiger partial charge in [0.25, 0.3) is 0 Å². The van der Waals surface area contributed by atoms with Crippen LogP contribution in [0.15, 0.2) is 53.4 Å². The smallest absolute Gasteiger partial charge is 0.416 e. The van der Waals surface area contributed by atoms with Crippen LogP contribution in [0.1, 0.15) is 52.6 Å². The topological polar surface area (TPSA) is 115 Å². The minimum Gasteiger partial charge on any atom is -0.494 e. The van der Waals surface area contributed by atoms with Crippen molar-refractivity contribution in [2.24, 2.45) is 13.0 Å². The number of methoxy groups -OCH3 is 1. The summed E-state index contributed by atoms with van der Waals surface area (Å²) >= 11 is 0. The maximum Gasteiger partial charge on any atom is 0.416 e. The van der Waals surface area contributed by atoms with Crippen LogP contribution in [0, 0.1) is 12.8 Å². The van der Waals surface area contributed by atoms with Crippen molar-refractivity contribution in [1.29, 1.82) is 0 Å². The summed E-state index contributed by atoms with van der Waals surface area (Å²) in [5.41, 5.74) is 3.15. The van der Waals surface area contributed by atoms with Gasteiger partial charge in [0.15, 0.2) is 0 Å². The van der Waals surface area contributed by atoms with E-state index in [9.17, 15) is 31.5 Å². The zero-order chi connectivity index (χ0) is 31.3. The molecule has 2 atom stereocenters. The van der Waals surface area contributed by atoms with Crippen LogP contribution in [-0.2, 0) is 41.0 Å². The average Bonchev–Trinajstić information content (AvgIpc) is 3.27. The van der Waals surface area contributed by atoms with Crippen molar-refractivity contribution in [3.8, 4) is 5.75 Å². The van der Waals surface area contributed by atoms with Gasteiger partial charge >= 0.3 is 12.1 Å². The quantitative estimate of drug-likeness (QED) is 0.300. The van der Waals surface area contributed by atoms with Gasteiger partial charge in [-0.3, -0.25) is 4.79 Å². The van der Waals surface area contributed by atoms with Crippen LogP contribution in [0.5, 0.6) is 5.75 Å². The number of aromatic nitrogens is 3. The Labute approximate surface area is 246 Å². The molecule has 1 N–H and O–H groups in total. The molecule has 1 aromatic heterocycles. The monoisotopic (exact) mass is 616 g/mol. The molecule has 0 aliphatic carbocycles. The van der Waals surface area contributed by atoms with E-state index in [2.05, 4.69) is 10.3 Å². The summed E-state index contributed by atoms with van der Waals surface area (Å²) in [6.07, 6.45) is -4.63. The molecular formula is C30H31F3N4O5S. The van der Waals surface area contributed by atoms with Crippen LogP contribution in [-0.4, -0.2) is 52.4 Å². The summed E-state index contributed by atoms with van der Waals surface area (Å²) in [4.78, 5) is 11.7. The van der Waals surface area contributed by atoms with Crippen molar-refractivity contribution in [3.05, 3.63) is 81.9 Å². The van der Waals surface area contributed by atoms with Gasteiger partial charge in [-0.25, -0.2) is 13.1 Å². The molecule has 13 heteroatoms. The molecule has 0 radical (unpaired) electrons. The number of ether oxygens (including phenoxy) is 1. The van der Waals surface area contributed by atoms with Gasteiger partial charge in [-0.05, 0) is 71.3 Å². The number of aryl methyl sites for hydroxylation is 2. The van der Waals surface area contributed by atoms with Gasteiger partial charge in [0.2, 0.25) is 10.0 Å². The Bertz CT molecular complexity index is 1820. The maximum absolute atomic E-state index is 13.8. The molecule has 0 saturated heterocycles. The van der Waals surface area contributed by atoms with Gasteiger partial charge in [0.05, 0.1) is 24.0 Å². The van der Waals surface area contributed by atoms with Gasteiger partial charge in [-0.15, -0.1) is 5.10 Å². The molecule has 2 heterocycles. The molecule has 1 aliphatic rings. The number of carboxylic acid groups (broad SMARTS) is 1. The molecule has 3 aromatic carbocycles. The zero-order valence-electron chi connectivity index (χ0n) is 24.0. The summed E-state index contributed by atoms with van der Waals surface area (Å²) in [5.74, 6) is -1.34. The highest BCUT2D eigenvalue weighted by molar-refractivity contribution is 7.89. The Balaban J connectivity index is 1.56. The average molecular weight is 617 g/mol. The van der Waals surface area contributed by atoms with E-state index < -0.39 is 33.7 Å². The fraction of sp³-hybridized carbons (Fsp3) is 0.367. The first kappa shape index (κ1) is 30.5. The largest absolute Gasteiger partial charge is 0.494 e. The third-order valence-electron chi connectivity index (χ3n) is 7.91. The Morgan fingerprint density at radius 3 is 2.56 bits per heavy atom.